The number of hydrogen-bond acceptors (Lipinski definition) is 0. The Bertz CT molecular complexity index is 80.9. The maximum Gasteiger partial charge on any atom is 0.144 e. The molecular formula is C10H18F. The van der Waals surface area contributed by atoms with E-state index in [1.807, 2.05) is 0 Å². The van der Waals surface area contributed by atoms with Gasteiger partial charge in [0.2, 0.25) is 0 Å². The number of hydrogen-bond donors (Lipinski definition) is 0. The normalized spacial score (nSPS) is 24.8. The highest BCUT2D eigenvalue weighted by Crippen LogP contribution is 2.23. The Kier molecular flexibility index (Phi) is 4.56. The van der Waals surface area contributed by atoms with E-state index in [0.717, 1.165) is 25.7 Å². The first-order valence-electron chi connectivity index (χ1n) is 4.90. The van der Waals surface area contributed by atoms with E-state index in [0.29, 0.717) is 0 Å². The first kappa shape index (κ1) is 9.02. The van der Waals surface area contributed by atoms with Gasteiger partial charge in [0, 0.05) is 0 Å². The minimum Gasteiger partial charge on any atom is -0.240 e. The van der Waals surface area contributed by atoms with Gasteiger partial charge in [-0.15, -0.1) is 0 Å². The second-order valence-corrected chi connectivity index (χ2v) is 3.49. The predicted octanol–water partition coefficient (Wildman–Crippen LogP) is 4.01. The Morgan fingerprint density at radius 3 is 1.45 bits per heavy atom. The highest BCUT2D eigenvalue weighted by Gasteiger charge is 2.08. The van der Waals surface area contributed by atoms with E-state index in [2.05, 4.69) is 0 Å². The molecule has 0 saturated heterocycles. The molecule has 1 aliphatic carbocycles. The van der Waals surface area contributed by atoms with Gasteiger partial charge in [-0.05, 0) is 12.8 Å². The molecule has 0 aliphatic heterocycles. The summed E-state index contributed by atoms with van der Waals surface area (Å²) < 4.78 is 12.9. The molecule has 1 heteroatoms. The van der Waals surface area contributed by atoms with E-state index >= 15 is 0 Å². The van der Waals surface area contributed by atoms with Gasteiger partial charge >= 0.3 is 0 Å². The molecule has 0 N–H and O–H groups in total. The van der Waals surface area contributed by atoms with Gasteiger partial charge in [0.1, 0.15) is 6.17 Å². The first-order valence-corrected chi connectivity index (χ1v) is 4.90. The molecule has 1 rings (SSSR count). The maximum absolute atomic E-state index is 12.9. The average molecular weight is 157 g/mol. The van der Waals surface area contributed by atoms with Gasteiger partial charge in [-0.25, -0.2) is 4.39 Å². The van der Waals surface area contributed by atoms with E-state index in [4.69, 9.17) is 0 Å². The average Bonchev–Trinajstić information content (AvgIpc) is 2.03. The molecule has 1 radical (unpaired) electrons. The van der Waals surface area contributed by atoms with Crippen molar-refractivity contribution in [3.63, 3.8) is 0 Å². The van der Waals surface area contributed by atoms with Crippen molar-refractivity contribution in [2.24, 2.45) is 0 Å². The van der Waals surface area contributed by atoms with Gasteiger partial charge in [0.15, 0.2) is 0 Å². The van der Waals surface area contributed by atoms with Crippen LogP contribution in [-0.4, -0.2) is 0 Å². The Morgan fingerprint density at radius 2 is 1.00 bits per heavy atom. The van der Waals surface area contributed by atoms with Crippen LogP contribution >= 0.6 is 0 Å². The van der Waals surface area contributed by atoms with Crippen LogP contribution in [0.3, 0.4) is 0 Å². The van der Waals surface area contributed by atoms with Crippen LogP contribution in [0.15, 0.2) is 0 Å². The molecule has 1 fully saturated rings. The van der Waals surface area contributed by atoms with Crippen LogP contribution in [0.4, 0.5) is 4.39 Å². The summed E-state index contributed by atoms with van der Waals surface area (Å²) in [6, 6.07) is 0. The summed E-state index contributed by atoms with van der Waals surface area (Å²) in [5, 5.41) is 0. The number of rotatable bonds is 0. The lowest BCUT2D eigenvalue weighted by Gasteiger charge is -2.09. The van der Waals surface area contributed by atoms with Gasteiger partial charge in [0.05, 0.1) is 0 Å². The first-order chi connectivity index (χ1) is 5.39. The largest absolute Gasteiger partial charge is 0.240 e. The van der Waals surface area contributed by atoms with Crippen LogP contribution in [-0.2, 0) is 0 Å². The van der Waals surface area contributed by atoms with Crippen molar-refractivity contribution in [2.45, 2.75) is 57.8 Å². The Labute approximate surface area is 69.2 Å². The van der Waals surface area contributed by atoms with Crippen molar-refractivity contribution in [2.75, 3.05) is 0 Å². The van der Waals surface area contributed by atoms with Crippen molar-refractivity contribution in [3.05, 3.63) is 6.17 Å². The van der Waals surface area contributed by atoms with Crippen LogP contribution in [0, 0.1) is 6.17 Å². The Hall–Kier alpha value is -0.0700. The minimum atomic E-state index is 0.243. The second kappa shape index (κ2) is 5.56. The summed E-state index contributed by atoms with van der Waals surface area (Å²) in [4.78, 5) is 0. The van der Waals surface area contributed by atoms with E-state index in [9.17, 15) is 4.39 Å². The second-order valence-electron chi connectivity index (χ2n) is 3.49. The van der Waals surface area contributed by atoms with Crippen LogP contribution in [0.25, 0.3) is 0 Å². The van der Waals surface area contributed by atoms with Crippen LogP contribution < -0.4 is 0 Å². The van der Waals surface area contributed by atoms with Crippen molar-refractivity contribution in [1.29, 1.82) is 0 Å². The Morgan fingerprint density at radius 1 is 0.636 bits per heavy atom. The van der Waals surface area contributed by atoms with Crippen molar-refractivity contribution < 1.29 is 4.39 Å². The fraction of sp³-hybridized carbons (Fsp3) is 0.900. The lowest BCUT2D eigenvalue weighted by Crippen LogP contribution is -1.93. The lowest BCUT2D eigenvalue weighted by molar-refractivity contribution is 0.388. The molecule has 0 aromatic heterocycles. The standard InChI is InChI=1S/C10H18F/c11-10-8-6-4-2-1-3-5-7-9-10/h1-9H2. The van der Waals surface area contributed by atoms with Crippen molar-refractivity contribution in [1.82, 2.24) is 0 Å². The zero-order valence-corrected chi connectivity index (χ0v) is 7.24. The zero-order chi connectivity index (χ0) is 7.94. The van der Waals surface area contributed by atoms with Gasteiger partial charge in [-0.3, -0.25) is 0 Å². The van der Waals surface area contributed by atoms with E-state index < -0.39 is 0 Å². The number of halogens is 1. The molecule has 11 heavy (non-hydrogen) atoms. The smallest absolute Gasteiger partial charge is 0.144 e. The third-order valence-corrected chi connectivity index (χ3v) is 2.40. The maximum atomic E-state index is 12.9. The third-order valence-electron chi connectivity index (χ3n) is 2.40. The van der Waals surface area contributed by atoms with E-state index in [-0.39, 0.29) is 6.17 Å². The monoisotopic (exact) mass is 157 g/mol. The molecule has 0 bridgehead atoms. The SMILES string of the molecule is F[C]1CCCCCCCCC1. The van der Waals surface area contributed by atoms with Gasteiger partial charge in [-0.1, -0.05) is 44.9 Å². The van der Waals surface area contributed by atoms with E-state index in [1.165, 1.54) is 32.1 Å². The summed E-state index contributed by atoms with van der Waals surface area (Å²) in [5.41, 5.74) is 0. The molecule has 0 aromatic rings. The molecule has 0 heterocycles. The fourth-order valence-corrected chi connectivity index (χ4v) is 1.64. The molecule has 0 atom stereocenters. The highest BCUT2D eigenvalue weighted by atomic mass is 19.1. The van der Waals surface area contributed by atoms with Crippen molar-refractivity contribution in [3.8, 4) is 0 Å². The lowest BCUT2D eigenvalue weighted by atomic mass is 10.00. The van der Waals surface area contributed by atoms with Crippen LogP contribution in [0.1, 0.15) is 57.8 Å². The molecular weight excluding hydrogens is 139 g/mol. The van der Waals surface area contributed by atoms with Crippen LogP contribution in [0.2, 0.25) is 0 Å². The summed E-state index contributed by atoms with van der Waals surface area (Å²) in [5.74, 6) is 0. The summed E-state index contributed by atoms with van der Waals surface area (Å²) >= 11 is 0. The van der Waals surface area contributed by atoms with Crippen LogP contribution in [0.5, 0.6) is 0 Å². The quantitative estimate of drug-likeness (QED) is 0.498. The Balaban J connectivity index is 2.12. The van der Waals surface area contributed by atoms with Gasteiger partial charge in [-0.2, -0.15) is 0 Å². The molecule has 1 saturated carbocycles. The van der Waals surface area contributed by atoms with Crippen molar-refractivity contribution >= 4 is 0 Å². The molecule has 0 aromatic carbocycles. The minimum absolute atomic E-state index is 0.243. The molecule has 1 aliphatic rings. The third kappa shape index (κ3) is 4.39. The summed E-state index contributed by atoms with van der Waals surface area (Å²) in [6.07, 6.45) is 10.3. The highest BCUT2D eigenvalue weighted by molar-refractivity contribution is 4.76. The topological polar surface area (TPSA) is 0 Å². The summed E-state index contributed by atoms with van der Waals surface area (Å²) in [6.45, 7) is 0. The fourth-order valence-electron chi connectivity index (χ4n) is 1.64. The van der Waals surface area contributed by atoms with Gasteiger partial charge < -0.3 is 0 Å². The molecule has 0 amide bonds. The van der Waals surface area contributed by atoms with E-state index in [1.54, 1.807) is 0 Å². The predicted molar refractivity (Wildman–Crippen MR) is 45.9 cm³/mol. The zero-order valence-electron chi connectivity index (χ0n) is 7.24. The molecule has 65 valence electrons. The molecule has 0 unspecified atom stereocenters. The van der Waals surface area contributed by atoms with Gasteiger partial charge in [0.25, 0.3) is 0 Å². The molecule has 0 nitrogen and oxygen atoms in total. The summed E-state index contributed by atoms with van der Waals surface area (Å²) in [7, 11) is 0. The molecule has 0 spiro atoms.